The maximum atomic E-state index is 12.4. The minimum absolute atomic E-state index is 0.123. The first kappa shape index (κ1) is 14.5. The number of aromatic nitrogens is 1. The van der Waals surface area contributed by atoms with E-state index in [0.29, 0.717) is 5.56 Å². The maximum absolute atomic E-state index is 12.4. The first-order chi connectivity index (χ1) is 10.6. The van der Waals surface area contributed by atoms with Crippen LogP contribution in [-0.2, 0) is 0 Å². The highest BCUT2D eigenvalue weighted by molar-refractivity contribution is 7.08. The van der Waals surface area contributed by atoms with Crippen molar-refractivity contribution in [2.24, 2.45) is 0 Å². The van der Waals surface area contributed by atoms with Gasteiger partial charge in [-0.1, -0.05) is 6.07 Å². The molecule has 0 aliphatic carbocycles. The van der Waals surface area contributed by atoms with Gasteiger partial charge in [-0.2, -0.15) is 11.3 Å². The zero-order valence-corrected chi connectivity index (χ0v) is 13.3. The molecular formula is C18H16N2OS. The van der Waals surface area contributed by atoms with Crippen LogP contribution < -0.4 is 5.32 Å². The molecule has 0 spiro atoms. The van der Waals surface area contributed by atoms with E-state index in [1.165, 1.54) is 5.56 Å². The summed E-state index contributed by atoms with van der Waals surface area (Å²) < 4.78 is 0. The minimum Gasteiger partial charge on any atom is -0.322 e. The molecule has 0 saturated carbocycles. The van der Waals surface area contributed by atoms with Crippen LogP contribution in [0.25, 0.3) is 11.3 Å². The lowest BCUT2D eigenvalue weighted by molar-refractivity contribution is 0.102. The van der Waals surface area contributed by atoms with Crippen LogP contribution in [0.2, 0.25) is 0 Å². The van der Waals surface area contributed by atoms with Gasteiger partial charge in [0.15, 0.2) is 0 Å². The van der Waals surface area contributed by atoms with Crippen molar-refractivity contribution in [3.8, 4) is 11.3 Å². The summed E-state index contributed by atoms with van der Waals surface area (Å²) in [6, 6.07) is 11.5. The number of hydrogen-bond donors (Lipinski definition) is 1. The molecule has 0 aliphatic heterocycles. The molecule has 0 atom stereocenters. The average Bonchev–Trinajstić information content (AvgIpc) is 3.05. The molecule has 2 aromatic heterocycles. The summed E-state index contributed by atoms with van der Waals surface area (Å²) in [6.07, 6.45) is 1.67. The van der Waals surface area contributed by atoms with Crippen LogP contribution in [-0.4, -0.2) is 10.9 Å². The summed E-state index contributed by atoms with van der Waals surface area (Å²) in [7, 11) is 0. The molecule has 3 rings (SSSR count). The van der Waals surface area contributed by atoms with Crippen molar-refractivity contribution in [1.82, 2.24) is 4.98 Å². The monoisotopic (exact) mass is 308 g/mol. The average molecular weight is 308 g/mol. The molecule has 1 amide bonds. The molecule has 1 N–H and O–H groups in total. The number of anilines is 1. The van der Waals surface area contributed by atoms with Gasteiger partial charge in [0.1, 0.15) is 0 Å². The lowest BCUT2D eigenvalue weighted by Crippen LogP contribution is -2.12. The van der Waals surface area contributed by atoms with Gasteiger partial charge in [0.05, 0.1) is 5.69 Å². The molecule has 4 heteroatoms. The molecule has 0 bridgehead atoms. The van der Waals surface area contributed by atoms with Gasteiger partial charge in [-0.05, 0) is 60.7 Å². The zero-order valence-electron chi connectivity index (χ0n) is 12.5. The van der Waals surface area contributed by atoms with Gasteiger partial charge in [0.25, 0.3) is 5.91 Å². The van der Waals surface area contributed by atoms with E-state index in [0.717, 1.165) is 22.5 Å². The summed E-state index contributed by atoms with van der Waals surface area (Å²) in [6.45, 7) is 4.09. The molecule has 0 aliphatic rings. The Morgan fingerprint density at radius 1 is 1.09 bits per heavy atom. The van der Waals surface area contributed by atoms with E-state index >= 15 is 0 Å². The van der Waals surface area contributed by atoms with Crippen LogP contribution in [0.4, 0.5) is 5.69 Å². The van der Waals surface area contributed by atoms with E-state index in [9.17, 15) is 4.79 Å². The van der Waals surface area contributed by atoms with E-state index in [2.05, 4.69) is 17.2 Å². The molecule has 110 valence electrons. The molecule has 22 heavy (non-hydrogen) atoms. The third kappa shape index (κ3) is 3.07. The summed E-state index contributed by atoms with van der Waals surface area (Å²) in [5.74, 6) is -0.123. The van der Waals surface area contributed by atoms with E-state index in [4.69, 9.17) is 0 Å². The lowest BCUT2D eigenvalue weighted by atomic mass is 10.1. The third-order valence-corrected chi connectivity index (χ3v) is 4.29. The molecular weight excluding hydrogens is 292 g/mol. The number of pyridine rings is 1. The summed E-state index contributed by atoms with van der Waals surface area (Å²) in [5, 5.41) is 6.95. The topological polar surface area (TPSA) is 42.0 Å². The Morgan fingerprint density at radius 3 is 2.68 bits per heavy atom. The minimum atomic E-state index is -0.123. The number of nitrogens with one attached hydrogen (secondary N) is 1. The molecule has 1 aromatic carbocycles. The van der Waals surface area contributed by atoms with Gasteiger partial charge in [0.2, 0.25) is 0 Å². The number of benzene rings is 1. The number of nitrogens with zero attached hydrogens (tertiary/aromatic N) is 1. The van der Waals surface area contributed by atoms with Gasteiger partial charge in [-0.3, -0.25) is 9.78 Å². The predicted octanol–water partition coefficient (Wildman–Crippen LogP) is 4.68. The summed E-state index contributed by atoms with van der Waals surface area (Å²) >= 11 is 1.61. The fourth-order valence-corrected chi connectivity index (χ4v) is 2.81. The standard InChI is InChI=1S/C18H16N2OS/c1-12-3-4-16(9-13(12)2)20-18(21)14-5-7-19-17(10-14)15-6-8-22-11-15/h3-11H,1-2H3,(H,20,21). The number of amides is 1. The molecule has 3 nitrogen and oxygen atoms in total. The Balaban J connectivity index is 1.83. The Morgan fingerprint density at radius 2 is 1.95 bits per heavy atom. The van der Waals surface area contributed by atoms with Crippen LogP contribution >= 0.6 is 11.3 Å². The predicted molar refractivity (Wildman–Crippen MR) is 91.4 cm³/mol. The van der Waals surface area contributed by atoms with E-state index < -0.39 is 0 Å². The molecule has 0 radical (unpaired) electrons. The van der Waals surface area contributed by atoms with Crippen LogP contribution in [0, 0.1) is 13.8 Å². The summed E-state index contributed by atoms with van der Waals surface area (Å²) in [4.78, 5) is 16.7. The van der Waals surface area contributed by atoms with Crippen molar-refractivity contribution in [1.29, 1.82) is 0 Å². The number of hydrogen-bond acceptors (Lipinski definition) is 3. The van der Waals surface area contributed by atoms with E-state index in [1.807, 2.05) is 48.0 Å². The Hall–Kier alpha value is -2.46. The van der Waals surface area contributed by atoms with Gasteiger partial charge >= 0.3 is 0 Å². The van der Waals surface area contributed by atoms with Crippen LogP contribution in [0.1, 0.15) is 21.5 Å². The fraction of sp³-hybridized carbons (Fsp3) is 0.111. The highest BCUT2D eigenvalue weighted by atomic mass is 32.1. The van der Waals surface area contributed by atoms with Crippen molar-refractivity contribution in [2.45, 2.75) is 13.8 Å². The first-order valence-corrected chi connectivity index (χ1v) is 7.95. The number of carbonyl (C=O) groups excluding carboxylic acids is 1. The van der Waals surface area contributed by atoms with Crippen molar-refractivity contribution in [3.63, 3.8) is 0 Å². The summed E-state index contributed by atoms with van der Waals surface area (Å²) in [5.41, 5.74) is 5.63. The first-order valence-electron chi connectivity index (χ1n) is 7.01. The SMILES string of the molecule is Cc1ccc(NC(=O)c2ccnc(-c3ccsc3)c2)cc1C. The van der Waals surface area contributed by atoms with E-state index in [-0.39, 0.29) is 5.91 Å². The smallest absolute Gasteiger partial charge is 0.255 e. The van der Waals surface area contributed by atoms with Crippen molar-refractivity contribution in [2.75, 3.05) is 5.32 Å². The number of aryl methyl sites for hydroxylation is 2. The van der Waals surface area contributed by atoms with Crippen molar-refractivity contribution < 1.29 is 4.79 Å². The molecule has 2 heterocycles. The molecule has 0 fully saturated rings. The molecule has 3 aromatic rings. The zero-order chi connectivity index (χ0) is 15.5. The van der Waals surface area contributed by atoms with Crippen LogP contribution in [0.15, 0.2) is 53.4 Å². The highest BCUT2D eigenvalue weighted by Gasteiger charge is 2.09. The van der Waals surface area contributed by atoms with Gasteiger partial charge < -0.3 is 5.32 Å². The Bertz CT molecular complexity index is 810. The fourth-order valence-electron chi connectivity index (χ4n) is 2.16. The van der Waals surface area contributed by atoms with Gasteiger partial charge in [-0.15, -0.1) is 0 Å². The number of thiophene rings is 1. The van der Waals surface area contributed by atoms with Gasteiger partial charge in [-0.25, -0.2) is 0 Å². The van der Waals surface area contributed by atoms with Crippen molar-refractivity contribution >= 4 is 22.9 Å². The number of rotatable bonds is 3. The highest BCUT2D eigenvalue weighted by Crippen LogP contribution is 2.21. The van der Waals surface area contributed by atoms with Crippen molar-refractivity contribution in [3.05, 3.63) is 70.0 Å². The Kier molecular flexibility index (Phi) is 4.02. The second-order valence-corrected chi connectivity index (χ2v) is 5.97. The van der Waals surface area contributed by atoms with Crippen LogP contribution in [0.3, 0.4) is 0 Å². The molecule has 0 saturated heterocycles. The van der Waals surface area contributed by atoms with Gasteiger partial charge in [0, 0.05) is 28.4 Å². The van der Waals surface area contributed by atoms with E-state index in [1.54, 1.807) is 23.6 Å². The second-order valence-electron chi connectivity index (χ2n) is 5.19. The maximum Gasteiger partial charge on any atom is 0.255 e. The largest absolute Gasteiger partial charge is 0.322 e. The van der Waals surface area contributed by atoms with Crippen LogP contribution in [0.5, 0.6) is 0 Å². The molecule has 0 unspecified atom stereocenters. The third-order valence-electron chi connectivity index (χ3n) is 3.60. The lowest BCUT2D eigenvalue weighted by Gasteiger charge is -2.08. The Labute approximate surface area is 133 Å². The number of carbonyl (C=O) groups is 1. The quantitative estimate of drug-likeness (QED) is 0.763. The normalized spacial score (nSPS) is 10.5. The second kappa shape index (κ2) is 6.12.